The molecule has 6 nitrogen and oxygen atoms in total. The van der Waals surface area contributed by atoms with Crippen molar-refractivity contribution >= 4 is 23.3 Å². The van der Waals surface area contributed by atoms with Gasteiger partial charge in [-0.25, -0.2) is 0 Å². The summed E-state index contributed by atoms with van der Waals surface area (Å²) in [7, 11) is 0. The van der Waals surface area contributed by atoms with Crippen LogP contribution in [0.5, 0.6) is 0 Å². The van der Waals surface area contributed by atoms with Crippen LogP contribution < -0.4 is 10.6 Å². The molecular weight excluding hydrogens is 380 g/mol. The minimum Gasteiger partial charge on any atom is -0.455 e. The molecule has 0 atom stereocenters. The number of hydrogen-bond donors (Lipinski definition) is 2. The topological polar surface area (TPSA) is 88.4 Å². The summed E-state index contributed by atoms with van der Waals surface area (Å²) in [6.45, 7) is 5.78. The number of nitrogens with one attached hydrogen (secondary N) is 2. The van der Waals surface area contributed by atoms with E-state index in [1.54, 1.807) is 31.2 Å². The van der Waals surface area contributed by atoms with E-state index in [0.29, 0.717) is 41.0 Å². The smallest absolute Gasteiger partial charge is 0.291 e. The Morgan fingerprint density at radius 3 is 2.50 bits per heavy atom. The maximum atomic E-state index is 13.0. The van der Waals surface area contributed by atoms with Gasteiger partial charge in [0.05, 0.1) is 16.8 Å². The summed E-state index contributed by atoms with van der Waals surface area (Å²) in [6.07, 6.45) is 5.28. The first-order chi connectivity index (χ1) is 14.2. The van der Waals surface area contributed by atoms with Gasteiger partial charge in [0.1, 0.15) is 5.76 Å². The number of amides is 2. The van der Waals surface area contributed by atoms with Gasteiger partial charge in [0, 0.05) is 24.4 Å². The second kappa shape index (κ2) is 7.74. The van der Waals surface area contributed by atoms with Gasteiger partial charge < -0.3 is 15.1 Å². The average molecular weight is 408 g/mol. The molecule has 1 aromatic heterocycles. The Bertz CT molecular complexity index is 1010. The van der Waals surface area contributed by atoms with Crippen LogP contribution in [0.25, 0.3) is 0 Å². The van der Waals surface area contributed by atoms with Crippen LogP contribution in [0, 0.1) is 12.3 Å². The zero-order valence-corrected chi connectivity index (χ0v) is 17.8. The molecule has 0 bridgehead atoms. The van der Waals surface area contributed by atoms with Crippen LogP contribution in [0.15, 0.2) is 28.7 Å². The van der Waals surface area contributed by atoms with Crippen molar-refractivity contribution in [1.29, 1.82) is 0 Å². The third kappa shape index (κ3) is 3.91. The van der Waals surface area contributed by atoms with Gasteiger partial charge in [-0.15, -0.1) is 0 Å². The van der Waals surface area contributed by atoms with E-state index in [1.165, 1.54) is 0 Å². The third-order valence-corrected chi connectivity index (χ3v) is 6.09. The molecule has 2 aliphatic rings. The van der Waals surface area contributed by atoms with Gasteiger partial charge in [0.2, 0.25) is 0 Å². The molecule has 2 amide bonds. The van der Waals surface area contributed by atoms with Crippen LogP contribution in [0.3, 0.4) is 0 Å². The minimum absolute atomic E-state index is 0.0119. The maximum Gasteiger partial charge on any atom is 0.291 e. The summed E-state index contributed by atoms with van der Waals surface area (Å²) < 4.78 is 5.85. The number of para-hydroxylation sites is 1. The van der Waals surface area contributed by atoms with Crippen molar-refractivity contribution in [2.75, 3.05) is 5.32 Å². The molecule has 2 N–H and O–H groups in total. The standard InChI is InChI=1S/C24H28N2O4/c1-14-20-18(27)12-24(2,3)13-19(20)30-21(14)23(29)26-17-11-7-6-10-16(17)22(28)25-15-8-4-5-9-15/h6-7,10-11,15H,4-5,8-9,12-13H2,1-3H3,(H,25,28)(H,26,29). The number of ketones is 1. The van der Waals surface area contributed by atoms with Crippen molar-refractivity contribution < 1.29 is 18.8 Å². The fraction of sp³-hybridized carbons (Fsp3) is 0.458. The monoisotopic (exact) mass is 408 g/mol. The van der Waals surface area contributed by atoms with Gasteiger partial charge in [-0.05, 0) is 37.3 Å². The summed E-state index contributed by atoms with van der Waals surface area (Å²) in [4.78, 5) is 38.3. The number of Topliss-reactive ketones (excluding diaryl/α,β-unsaturated/α-hetero) is 1. The second-order valence-electron chi connectivity index (χ2n) is 9.25. The van der Waals surface area contributed by atoms with Crippen LogP contribution in [-0.2, 0) is 6.42 Å². The van der Waals surface area contributed by atoms with Crippen LogP contribution in [0.2, 0.25) is 0 Å². The molecule has 0 saturated heterocycles. The Labute approximate surface area is 176 Å². The van der Waals surface area contributed by atoms with Crippen molar-refractivity contribution in [2.24, 2.45) is 5.41 Å². The lowest BCUT2D eigenvalue weighted by Crippen LogP contribution is -2.33. The van der Waals surface area contributed by atoms with Gasteiger partial charge in [-0.3, -0.25) is 14.4 Å². The van der Waals surface area contributed by atoms with Crippen LogP contribution in [0.1, 0.15) is 88.5 Å². The molecule has 0 spiro atoms. The predicted octanol–water partition coefficient (Wildman–Crippen LogP) is 4.67. The fourth-order valence-electron chi connectivity index (χ4n) is 4.60. The highest BCUT2D eigenvalue weighted by molar-refractivity contribution is 6.10. The maximum absolute atomic E-state index is 13.0. The minimum atomic E-state index is -0.450. The van der Waals surface area contributed by atoms with Crippen molar-refractivity contribution in [3.05, 3.63) is 52.5 Å². The van der Waals surface area contributed by atoms with Gasteiger partial charge in [0.15, 0.2) is 11.5 Å². The molecule has 6 heteroatoms. The number of carbonyl (C=O) groups is 3. The van der Waals surface area contributed by atoms with E-state index >= 15 is 0 Å². The predicted molar refractivity (Wildman–Crippen MR) is 114 cm³/mol. The highest BCUT2D eigenvalue weighted by Gasteiger charge is 2.37. The number of furan rings is 1. The van der Waals surface area contributed by atoms with Crippen molar-refractivity contribution in [3.8, 4) is 0 Å². The normalized spacial score (nSPS) is 18.2. The first-order valence-electron chi connectivity index (χ1n) is 10.6. The van der Waals surface area contributed by atoms with Crippen LogP contribution in [-0.4, -0.2) is 23.6 Å². The quantitative estimate of drug-likeness (QED) is 0.770. The van der Waals surface area contributed by atoms with Gasteiger partial charge in [-0.1, -0.05) is 38.8 Å². The fourth-order valence-corrected chi connectivity index (χ4v) is 4.60. The lowest BCUT2D eigenvalue weighted by Gasteiger charge is -2.27. The SMILES string of the molecule is Cc1c(C(=O)Nc2ccccc2C(=O)NC2CCCC2)oc2c1C(=O)CC(C)(C)C2. The lowest BCUT2D eigenvalue weighted by molar-refractivity contribution is 0.0896. The zero-order chi connectivity index (χ0) is 21.5. The Morgan fingerprint density at radius 2 is 1.77 bits per heavy atom. The molecule has 2 aromatic rings. The molecule has 1 heterocycles. The Balaban J connectivity index is 1.57. The summed E-state index contributed by atoms with van der Waals surface area (Å²) in [5.41, 5.74) is 1.76. The van der Waals surface area contributed by atoms with Crippen LogP contribution >= 0.6 is 0 Å². The molecule has 0 unspecified atom stereocenters. The Hall–Kier alpha value is -2.89. The van der Waals surface area contributed by atoms with Gasteiger partial charge in [-0.2, -0.15) is 0 Å². The molecule has 0 aliphatic heterocycles. The van der Waals surface area contributed by atoms with E-state index in [9.17, 15) is 14.4 Å². The Morgan fingerprint density at radius 1 is 1.07 bits per heavy atom. The molecule has 4 rings (SSSR count). The summed E-state index contributed by atoms with van der Waals surface area (Å²) in [6, 6.07) is 7.14. The van der Waals surface area contributed by atoms with Crippen molar-refractivity contribution in [1.82, 2.24) is 5.32 Å². The van der Waals surface area contributed by atoms with Crippen molar-refractivity contribution in [3.63, 3.8) is 0 Å². The Kier molecular flexibility index (Phi) is 5.26. The van der Waals surface area contributed by atoms with E-state index in [-0.39, 0.29) is 28.9 Å². The summed E-state index contributed by atoms with van der Waals surface area (Å²) in [5.74, 6) is 0.0833. The molecule has 0 radical (unpaired) electrons. The number of carbonyl (C=O) groups excluding carboxylic acids is 3. The second-order valence-corrected chi connectivity index (χ2v) is 9.25. The van der Waals surface area contributed by atoms with Gasteiger partial charge >= 0.3 is 0 Å². The molecule has 158 valence electrons. The molecular formula is C24H28N2O4. The molecule has 1 aromatic carbocycles. The van der Waals surface area contributed by atoms with E-state index < -0.39 is 5.91 Å². The lowest BCUT2D eigenvalue weighted by atomic mass is 9.76. The number of anilines is 1. The number of fused-ring (bicyclic) bond motifs is 1. The first-order valence-corrected chi connectivity index (χ1v) is 10.6. The third-order valence-electron chi connectivity index (χ3n) is 6.09. The summed E-state index contributed by atoms with van der Waals surface area (Å²) >= 11 is 0. The van der Waals surface area contributed by atoms with E-state index in [1.807, 2.05) is 13.8 Å². The zero-order valence-electron chi connectivity index (χ0n) is 17.8. The van der Waals surface area contributed by atoms with Gasteiger partial charge in [0.25, 0.3) is 11.8 Å². The number of benzene rings is 1. The number of hydrogen-bond acceptors (Lipinski definition) is 4. The highest BCUT2D eigenvalue weighted by atomic mass is 16.4. The van der Waals surface area contributed by atoms with Crippen LogP contribution in [0.4, 0.5) is 5.69 Å². The molecule has 1 saturated carbocycles. The molecule has 2 aliphatic carbocycles. The first kappa shape index (κ1) is 20.4. The average Bonchev–Trinajstić information content (AvgIpc) is 3.28. The molecule has 1 fully saturated rings. The highest BCUT2D eigenvalue weighted by Crippen LogP contribution is 2.38. The van der Waals surface area contributed by atoms with E-state index in [2.05, 4.69) is 10.6 Å². The van der Waals surface area contributed by atoms with E-state index in [0.717, 1.165) is 25.7 Å². The molecule has 30 heavy (non-hydrogen) atoms. The van der Waals surface area contributed by atoms with Crippen molar-refractivity contribution in [2.45, 2.75) is 65.3 Å². The number of rotatable bonds is 4. The summed E-state index contributed by atoms with van der Waals surface area (Å²) in [5, 5.41) is 5.87. The van der Waals surface area contributed by atoms with E-state index in [4.69, 9.17) is 4.42 Å². The largest absolute Gasteiger partial charge is 0.455 e.